The normalized spacial score (nSPS) is 12.4. The Kier molecular flexibility index (Phi) is 4.06. The van der Waals surface area contributed by atoms with E-state index in [9.17, 15) is 14.3 Å². The Labute approximate surface area is 157 Å². The lowest BCUT2D eigenvalue weighted by atomic mass is 10.2. The van der Waals surface area contributed by atoms with Crippen LogP contribution >= 0.6 is 0 Å². The maximum Gasteiger partial charge on any atom is 0.283 e. The highest BCUT2D eigenvalue weighted by atomic mass is 19.1. The molecular weight excluding hydrogens is 367 g/mol. The number of imidazole rings is 1. The van der Waals surface area contributed by atoms with Gasteiger partial charge < -0.3 is 20.4 Å². The molecule has 0 radical (unpaired) electrons. The zero-order valence-electron chi connectivity index (χ0n) is 15.3. The molecule has 0 unspecified atom stereocenters. The van der Waals surface area contributed by atoms with E-state index in [1.165, 1.54) is 28.4 Å². The third-order valence-corrected chi connectivity index (χ3v) is 4.27. The molecule has 4 rings (SSSR count). The molecule has 1 aromatic carbocycles. The molecule has 0 amide bonds. The molecule has 28 heavy (non-hydrogen) atoms. The van der Waals surface area contributed by atoms with Gasteiger partial charge in [-0.2, -0.15) is 0 Å². The molecule has 1 atom stereocenters. The van der Waals surface area contributed by atoms with Crippen LogP contribution in [0.1, 0.15) is 18.8 Å². The van der Waals surface area contributed by atoms with Crippen molar-refractivity contribution in [3.05, 3.63) is 46.8 Å². The van der Waals surface area contributed by atoms with E-state index in [2.05, 4.69) is 30.2 Å². The average Bonchev–Trinajstić information content (AvgIpc) is 3.10. The summed E-state index contributed by atoms with van der Waals surface area (Å²) in [6.45, 7) is 1.79. The number of aromatic amines is 1. The van der Waals surface area contributed by atoms with Crippen molar-refractivity contribution in [2.24, 2.45) is 0 Å². The van der Waals surface area contributed by atoms with E-state index in [0.29, 0.717) is 22.8 Å². The molecule has 11 heteroatoms. The van der Waals surface area contributed by atoms with Crippen molar-refractivity contribution in [1.29, 1.82) is 0 Å². The first kappa shape index (κ1) is 17.6. The van der Waals surface area contributed by atoms with E-state index in [0.717, 1.165) is 6.07 Å². The predicted octanol–water partition coefficient (Wildman–Crippen LogP) is 1.28. The smallest absolute Gasteiger partial charge is 0.283 e. The van der Waals surface area contributed by atoms with E-state index < -0.39 is 17.4 Å². The van der Waals surface area contributed by atoms with Gasteiger partial charge in [-0.15, -0.1) is 0 Å². The number of rotatable bonds is 4. The summed E-state index contributed by atoms with van der Waals surface area (Å²) >= 11 is 0. The number of nitrogens with one attached hydrogen (secondary N) is 2. The van der Waals surface area contributed by atoms with Crippen LogP contribution in [0.4, 0.5) is 10.2 Å². The molecule has 0 aliphatic heterocycles. The van der Waals surface area contributed by atoms with Crippen LogP contribution in [0.5, 0.6) is 5.75 Å². The van der Waals surface area contributed by atoms with E-state index in [-0.39, 0.29) is 16.7 Å². The average molecular weight is 384 g/mol. The number of anilines is 1. The number of aromatic nitrogens is 6. The van der Waals surface area contributed by atoms with Crippen molar-refractivity contribution >= 4 is 27.9 Å². The Bertz CT molecular complexity index is 1250. The Morgan fingerprint density at radius 2 is 2.07 bits per heavy atom. The molecule has 0 saturated carbocycles. The van der Waals surface area contributed by atoms with E-state index in [4.69, 9.17) is 0 Å². The molecule has 3 N–H and O–H groups in total. The number of aromatic hydroxyl groups is 1. The largest absolute Gasteiger partial charge is 0.508 e. The van der Waals surface area contributed by atoms with Crippen LogP contribution in [-0.4, -0.2) is 48.8 Å². The molecule has 3 aromatic heterocycles. The summed E-state index contributed by atoms with van der Waals surface area (Å²) in [5.41, 5.74) is 0.589. The highest BCUT2D eigenvalue weighted by molar-refractivity contribution is 5.82. The first-order chi connectivity index (χ1) is 13.4. The SMILES string of the molecule is C[C@H](Nc1ncnc2[nH]cnc12)c1nc2cc(O)cc(F)c2c(=O)n1N(C)C. The fourth-order valence-corrected chi connectivity index (χ4v) is 3.07. The van der Waals surface area contributed by atoms with Crippen LogP contribution in [-0.2, 0) is 0 Å². The van der Waals surface area contributed by atoms with Crippen molar-refractivity contribution in [3.63, 3.8) is 0 Å². The first-order valence-electron chi connectivity index (χ1n) is 8.40. The molecule has 0 aliphatic rings. The summed E-state index contributed by atoms with van der Waals surface area (Å²) in [5.74, 6) is -0.361. The van der Waals surface area contributed by atoms with Crippen LogP contribution in [0.2, 0.25) is 0 Å². The van der Waals surface area contributed by atoms with Crippen molar-refractivity contribution in [2.45, 2.75) is 13.0 Å². The van der Waals surface area contributed by atoms with E-state index in [1.54, 1.807) is 21.0 Å². The quantitative estimate of drug-likeness (QED) is 0.481. The van der Waals surface area contributed by atoms with Gasteiger partial charge in [-0.25, -0.2) is 29.0 Å². The van der Waals surface area contributed by atoms with Crippen LogP contribution in [0, 0.1) is 5.82 Å². The minimum Gasteiger partial charge on any atom is -0.508 e. The number of halogens is 1. The van der Waals surface area contributed by atoms with Crippen LogP contribution < -0.4 is 15.9 Å². The van der Waals surface area contributed by atoms with Gasteiger partial charge >= 0.3 is 0 Å². The topological polar surface area (TPSA) is 125 Å². The van der Waals surface area contributed by atoms with Crippen LogP contribution in [0.15, 0.2) is 29.6 Å². The zero-order chi connectivity index (χ0) is 20.0. The number of phenols is 1. The highest BCUT2D eigenvalue weighted by Gasteiger charge is 2.21. The molecule has 0 spiro atoms. The second kappa shape index (κ2) is 6.44. The summed E-state index contributed by atoms with van der Waals surface area (Å²) in [5, 5.41) is 14.2. The Balaban J connectivity index is 1.88. The van der Waals surface area contributed by atoms with Gasteiger partial charge in [-0.05, 0) is 6.92 Å². The minimum atomic E-state index is -0.829. The van der Waals surface area contributed by atoms with Gasteiger partial charge in [0.2, 0.25) is 0 Å². The van der Waals surface area contributed by atoms with Crippen molar-refractivity contribution in [2.75, 3.05) is 24.4 Å². The maximum absolute atomic E-state index is 14.3. The summed E-state index contributed by atoms with van der Waals surface area (Å²) < 4.78 is 15.6. The lowest BCUT2D eigenvalue weighted by molar-refractivity contribution is 0.470. The molecule has 0 saturated heterocycles. The highest BCUT2D eigenvalue weighted by Crippen LogP contribution is 2.24. The zero-order valence-corrected chi connectivity index (χ0v) is 15.3. The molecule has 4 aromatic rings. The summed E-state index contributed by atoms with van der Waals surface area (Å²) in [6, 6.07) is 1.65. The molecule has 3 heterocycles. The Hall–Kier alpha value is -3.76. The number of hydrogen-bond acceptors (Lipinski definition) is 8. The molecule has 0 fully saturated rings. The number of nitrogens with zero attached hydrogens (tertiary/aromatic N) is 6. The molecular formula is C17H17FN8O2. The molecule has 0 bridgehead atoms. The monoisotopic (exact) mass is 384 g/mol. The van der Waals surface area contributed by atoms with Crippen molar-refractivity contribution < 1.29 is 9.50 Å². The Morgan fingerprint density at radius 1 is 1.29 bits per heavy atom. The summed E-state index contributed by atoms with van der Waals surface area (Å²) in [4.78, 5) is 32.7. The maximum atomic E-state index is 14.3. The van der Waals surface area contributed by atoms with Crippen molar-refractivity contribution in [3.8, 4) is 5.75 Å². The predicted molar refractivity (Wildman–Crippen MR) is 101 cm³/mol. The second-order valence-corrected chi connectivity index (χ2v) is 6.44. The number of fused-ring (bicyclic) bond motifs is 2. The van der Waals surface area contributed by atoms with Gasteiger partial charge in [0.15, 0.2) is 17.3 Å². The Morgan fingerprint density at radius 3 is 2.82 bits per heavy atom. The first-order valence-corrected chi connectivity index (χ1v) is 8.40. The number of hydrogen-bond donors (Lipinski definition) is 3. The molecule has 10 nitrogen and oxygen atoms in total. The van der Waals surface area contributed by atoms with Gasteiger partial charge in [0.1, 0.15) is 28.8 Å². The van der Waals surface area contributed by atoms with Gasteiger partial charge in [-0.1, -0.05) is 0 Å². The fraction of sp³-hybridized carbons (Fsp3) is 0.235. The standard InChI is InChI=1S/C17H17FN8O2/c1-8(23-15-13-14(20-6-19-13)21-7-22-15)16-24-11-5-9(27)4-10(18)12(11)17(28)26(16)25(2)3/h4-8,27H,1-3H3,(H2,19,20,21,22,23)/t8-/m0/s1. The van der Waals surface area contributed by atoms with Gasteiger partial charge in [-0.3, -0.25) is 4.79 Å². The van der Waals surface area contributed by atoms with Crippen LogP contribution in [0.3, 0.4) is 0 Å². The third-order valence-electron chi connectivity index (χ3n) is 4.27. The van der Waals surface area contributed by atoms with Crippen LogP contribution in [0.25, 0.3) is 22.1 Å². The fourth-order valence-electron chi connectivity index (χ4n) is 3.07. The summed E-state index contributed by atoms with van der Waals surface area (Å²) in [6.07, 6.45) is 2.89. The number of benzene rings is 1. The van der Waals surface area contributed by atoms with Crippen molar-refractivity contribution in [1.82, 2.24) is 29.6 Å². The lowest BCUT2D eigenvalue weighted by Crippen LogP contribution is -2.40. The number of H-pyrrole nitrogens is 1. The summed E-state index contributed by atoms with van der Waals surface area (Å²) in [7, 11) is 3.31. The van der Waals surface area contributed by atoms with E-state index in [1.807, 2.05) is 0 Å². The minimum absolute atomic E-state index is 0.0665. The molecule has 144 valence electrons. The van der Waals surface area contributed by atoms with E-state index >= 15 is 0 Å². The third kappa shape index (κ3) is 2.76. The second-order valence-electron chi connectivity index (χ2n) is 6.44. The number of phenolic OH excluding ortho intramolecular Hbond substituents is 1. The lowest BCUT2D eigenvalue weighted by Gasteiger charge is -2.24. The van der Waals surface area contributed by atoms with Gasteiger partial charge in [0.05, 0.1) is 17.9 Å². The molecule has 0 aliphatic carbocycles. The van der Waals surface area contributed by atoms with Gasteiger partial charge in [0, 0.05) is 26.2 Å². The van der Waals surface area contributed by atoms with Gasteiger partial charge in [0.25, 0.3) is 5.56 Å².